The van der Waals surface area contributed by atoms with Gasteiger partial charge in [-0.3, -0.25) is 15.0 Å². The molecular weight excluding hydrogens is 284 g/mol. The molecule has 22 heavy (non-hydrogen) atoms. The Morgan fingerprint density at radius 1 is 1.41 bits per heavy atom. The van der Waals surface area contributed by atoms with Crippen LogP contribution in [0.4, 0.5) is 5.69 Å². The molecule has 6 nitrogen and oxygen atoms in total. The molecule has 0 bridgehead atoms. The number of nitro groups is 1. The first kappa shape index (κ1) is 16.7. The molecule has 0 aromatic heterocycles. The third kappa shape index (κ3) is 3.56. The molecule has 122 valence electrons. The number of aliphatic hydroxyl groups is 1. The summed E-state index contributed by atoms with van der Waals surface area (Å²) in [6.07, 6.45) is 2.93. The number of benzene rings is 1. The topological polar surface area (TPSA) is 75.8 Å². The Kier molecular flexibility index (Phi) is 5.37. The second-order valence-corrected chi connectivity index (χ2v) is 6.05. The number of likely N-dealkylation sites (tertiary alicyclic amines) is 1. The predicted octanol–water partition coefficient (Wildman–Crippen LogP) is 2.59. The maximum atomic E-state index is 11.1. The van der Waals surface area contributed by atoms with Crippen LogP contribution < -0.4 is 4.74 Å². The fourth-order valence-electron chi connectivity index (χ4n) is 3.04. The SMILES string of the molecule is CCC1(CO)CCN(Cc2ccc(OC)c([N+](=O)[O-])c2)CC1. The zero-order chi connectivity index (χ0) is 16.2. The molecule has 0 spiro atoms. The van der Waals surface area contributed by atoms with E-state index in [1.54, 1.807) is 12.1 Å². The standard InChI is InChI=1S/C16H24N2O4/c1-3-16(12-19)6-8-17(9-7-16)11-13-4-5-15(22-2)14(10-13)18(20)21/h4-5,10,19H,3,6-9,11-12H2,1-2H3. The highest BCUT2D eigenvalue weighted by Gasteiger charge is 2.32. The van der Waals surface area contributed by atoms with Gasteiger partial charge in [-0.05, 0) is 49.4 Å². The van der Waals surface area contributed by atoms with Gasteiger partial charge in [-0.1, -0.05) is 13.0 Å². The molecule has 0 saturated carbocycles. The van der Waals surface area contributed by atoms with Crippen molar-refractivity contribution in [3.63, 3.8) is 0 Å². The molecule has 0 aliphatic carbocycles. The Morgan fingerprint density at radius 3 is 2.59 bits per heavy atom. The van der Waals surface area contributed by atoms with E-state index in [1.165, 1.54) is 7.11 Å². The quantitative estimate of drug-likeness (QED) is 0.645. The van der Waals surface area contributed by atoms with Crippen LogP contribution in [0.15, 0.2) is 18.2 Å². The van der Waals surface area contributed by atoms with Crippen molar-refractivity contribution in [2.75, 3.05) is 26.8 Å². The summed E-state index contributed by atoms with van der Waals surface area (Å²) in [5, 5.41) is 20.6. The summed E-state index contributed by atoms with van der Waals surface area (Å²) in [5.74, 6) is 0.290. The summed E-state index contributed by atoms with van der Waals surface area (Å²) < 4.78 is 5.02. The summed E-state index contributed by atoms with van der Waals surface area (Å²) in [7, 11) is 1.44. The van der Waals surface area contributed by atoms with Crippen LogP contribution in [-0.4, -0.2) is 41.7 Å². The lowest BCUT2D eigenvalue weighted by Crippen LogP contribution is -2.41. The molecule has 1 saturated heterocycles. The first-order chi connectivity index (χ1) is 10.5. The summed E-state index contributed by atoms with van der Waals surface area (Å²) in [5.41, 5.74) is 0.985. The molecule has 1 aliphatic heterocycles. The van der Waals surface area contributed by atoms with Crippen LogP contribution in [0.1, 0.15) is 31.7 Å². The van der Waals surface area contributed by atoms with Crippen molar-refractivity contribution in [3.8, 4) is 5.75 Å². The number of rotatable bonds is 6. The summed E-state index contributed by atoms with van der Waals surface area (Å²) in [6, 6.07) is 5.12. The highest BCUT2D eigenvalue weighted by atomic mass is 16.6. The highest BCUT2D eigenvalue weighted by molar-refractivity contribution is 5.48. The lowest BCUT2D eigenvalue weighted by atomic mass is 9.77. The number of nitrogens with zero attached hydrogens (tertiary/aromatic N) is 2. The highest BCUT2D eigenvalue weighted by Crippen LogP contribution is 2.35. The first-order valence-electron chi connectivity index (χ1n) is 7.68. The van der Waals surface area contributed by atoms with Crippen molar-refractivity contribution in [2.45, 2.75) is 32.7 Å². The molecule has 0 radical (unpaired) electrons. The van der Waals surface area contributed by atoms with Crippen LogP contribution in [0.25, 0.3) is 0 Å². The van der Waals surface area contributed by atoms with Crippen molar-refractivity contribution < 1.29 is 14.8 Å². The molecule has 0 amide bonds. The molecule has 1 aromatic carbocycles. The van der Waals surface area contributed by atoms with Crippen molar-refractivity contribution in [1.82, 2.24) is 4.90 Å². The van der Waals surface area contributed by atoms with Gasteiger partial charge in [0.1, 0.15) is 0 Å². The largest absolute Gasteiger partial charge is 0.490 e. The van der Waals surface area contributed by atoms with Crippen molar-refractivity contribution in [3.05, 3.63) is 33.9 Å². The smallest absolute Gasteiger partial charge is 0.311 e. The lowest BCUT2D eigenvalue weighted by Gasteiger charge is -2.40. The minimum Gasteiger partial charge on any atom is -0.490 e. The van der Waals surface area contributed by atoms with E-state index in [9.17, 15) is 15.2 Å². The van der Waals surface area contributed by atoms with E-state index in [2.05, 4.69) is 11.8 Å². The fourth-order valence-corrected chi connectivity index (χ4v) is 3.04. The van der Waals surface area contributed by atoms with Crippen LogP contribution in [0, 0.1) is 15.5 Å². The van der Waals surface area contributed by atoms with Gasteiger partial charge in [0.15, 0.2) is 5.75 Å². The number of nitro benzene ring substituents is 1. The van der Waals surface area contributed by atoms with Gasteiger partial charge in [-0.25, -0.2) is 0 Å². The summed E-state index contributed by atoms with van der Waals surface area (Å²) in [6.45, 7) is 4.88. The first-order valence-corrected chi connectivity index (χ1v) is 7.68. The van der Waals surface area contributed by atoms with Crippen LogP contribution >= 0.6 is 0 Å². The molecule has 1 aliphatic rings. The van der Waals surface area contributed by atoms with Crippen LogP contribution in [0.2, 0.25) is 0 Å². The average molecular weight is 308 g/mol. The zero-order valence-electron chi connectivity index (χ0n) is 13.2. The Labute approximate surface area is 130 Å². The molecule has 0 unspecified atom stereocenters. The van der Waals surface area contributed by atoms with Crippen molar-refractivity contribution in [1.29, 1.82) is 0 Å². The van der Waals surface area contributed by atoms with Gasteiger partial charge in [0.25, 0.3) is 0 Å². The van der Waals surface area contributed by atoms with Crippen LogP contribution in [0.3, 0.4) is 0 Å². The van der Waals surface area contributed by atoms with Gasteiger partial charge in [-0.2, -0.15) is 0 Å². The summed E-state index contributed by atoms with van der Waals surface area (Å²) in [4.78, 5) is 12.9. The van der Waals surface area contributed by atoms with Gasteiger partial charge in [0.05, 0.1) is 12.0 Å². The van der Waals surface area contributed by atoms with E-state index in [-0.39, 0.29) is 23.5 Å². The van der Waals surface area contributed by atoms with E-state index >= 15 is 0 Å². The predicted molar refractivity (Wildman–Crippen MR) is 84.0 cm³/mol. The van der Waals surface area contributed by atoms with Crippen molar-refractivity contribution >= 4 is 5.69 Å². The molecular formula is C16H24N2O4. The van der Waals surface area contributed by atoms with E-state index in [4.69, 9.17) is 4.74 Å². The van der Waals surface area contributed by atoms with Gasteiger partial charge in [0.2, 0.25) is 0 Å². The second kappa shape index (κ2) is 7.07. The Balaban J connectivity index is 2.03. The Morgan fingerprint density at radius 2 is 2.09 bits per heavy atom. The molecule has 1 fully saturated rings. The Bertz CT molecular complexity index is 519. The molecule has 6 heteroatoms. The zero-order valence-corrected chi connectivity index (χ0v) is 13.2. The third-order valence-corrected chi connectivity index (χ3v) is 4.85. The number of hydrogen-bond acceptors (Lipinski definition) is 5. The number of piperidine rings is 1. The van der Waals surface area contributed by atoms with Crippen LogP contribution in [-0.2, 0) is 6.54 Å². The monoisotopic (exact) mass is 308 g/mol. The van der Waals surface area contributed by atoms with E-state index < -0.39 is 4.92 Å². The maximum absolute atomic E-state index is 11.1. The molecule has 1 aromatic rings. The number of ether oxygens (including phenoxy) is 1. The van der Waals surface area contributed by atoms with Gasteiger partial charge < -0.3 is 9.84 Å². The van der Waals surface area contributed by atoms with Gasteiger partial charge in [0, 0.05) is 19.2 Å². The fraction of sp³-hybridized carbons (Fsp3) is 0.625. The molecule has 1 N–H and O–H groups in total. The molecule has 2 rings (SSSR count). The number of methoxy groups -OCH3 is 1. The van der Waals surface area contributed by atoms with Crippen LogP contribution in [0.5, 0.6) is 5.75 Å². The Hall–Kier alpha value is -1.66. The average Bonchev–Trinajstić information content (AvgIpc) is 2.55. The lowest BCUT2D eigenvalue weighted by molar-refractivity contribution is -0.385. The number of aliphatic hydroxyl groups excluding tert-OH is 1. The second-order valence-electron chi connectivity index (χ2n) is 6.05. The minimum absolute atomic E-state index is 0.00951. The van der Waals surface area contributed by atoms with E-state index in [0.717, 1.165) is 37.9 Å². The summed E-state index contributed by atoms with van der Waals surface area (Å²) >= 11 is 0. The van der Waals surface area contributed by atoms with Gasteiger partial charge >= 0.3 is 5.69 Å². The van der Waals surface area contributed by atoms with Crippen molar-refractivity contribution in [2.24, 2.45) is 5.41 Å². The van der Waals surface area contributed by atoms with E-state index in [1.807, 2.05) is 6.07 Å². The molecule has 1 heterocycles. The normalized spacial score (nSPS) is 18.1. The molecule has 0 atom stereocenters. The number of hydrogen-bond donors (Lipinski definition) is 1. The maximum Gasteiger partial charge on any atom is 0.311 e. The van der Waals surface area contributed by atoms with Gasteiger partial charge in [-0.15, -0.1) is 0 Å². The van der Waals surface area contributed by atoms with E-state index in [0.29, 0.717) is 6.54 Å². The minimum atomic E-state index is -0.410. The third-order valence-electron chi connectivity index (χ3n) is 4.85.